The van der Waals surface area contributed by atoms with Crippen LogP contribution in [0.15, 0.2) is 9.95 Å². The fraction of sp³-hybridized carbons (Fsp3) is 0.857. The quantitative estimate of drug-likeness (QED) is 0.895. The molecule has 0 aromatic carbocycles. The summed E-state index contributed by atoms with van der Waals surface area (Å²) in [6.07, 6.45) is 3.40. The summed E-state index contributed by atoms with van der Waals surface area (Å²) in [5, 5.41) is 7.84. The summed E-state index contributed by atoms with van der Waals surface area (Å²) in [5.41, 5.74) is 6.14. The fourth-order valence-corrected chi connectivity index (χ4v) is 4.32. The van der Waals surface area contributed by atoms with Crippen molar-refractivity contribution in [1.82, 2.24) is 14.8 Å². The van der Waals surface area contributed by atoms with Crippen molar-refractivity contribution in [2.24, 2.45) is 17.6 Å². The second-order valence-corrected chi connectivity index (χ2v) is 7.62. The zero-order valence-electron chi connectivity index (χ0n) is 12.8. The van der Waals surface area contributed by atoms with Crippen LogP contribution in [0.1, 0.15) is 53.0 Å². The molecule has 1 heterocycles. The minimum absolute atomic E-state index is 0.115. The van der Waals surface area contributed by atoms with Gasteiger partial charge in [0.2, 0.25) is 0 Å². The standard InChI is InChI=1S/C14H26N4OS/c1-8(2)10-5-6-11(15)12(7-10)20-14-17-16-13(19)18(14)9(3)4/h8-12H,5-7,15H2,1-4H3,(H,16,19). The van der Waals surface area contributed by atoms with Crippen LogP contribution < -0.4 is 11.4 Å². The first-order valence-corrected chi connectivity index (χ1v) is 8.37. The zero-order chi connectivity index (χ0) is 14.9. The number of aromatic nitrogens is 3. The molecule has 3 unspecified atom stereocenters. The second kappa shape index (κ2) is 6.35. The van der Waals surface area contributed by atoms with Crippen LogP contribution in [-0.2, 0) is 0 Å². The van der Waals surface area contributed by atoms with Crippen LogP contribution in [0.3, 0.4) is 0 Å². The Morgan fingerprint density at radius 3 is 2.65 bits per heavy atom. The molecule has 20 heavy (non-hydrogen) atoms. The van der Waals surface area contributed by atoms with Crippen LogP contribution in [0.25, 0.3) is 0 Å². The fourth-order valence-electron chi connectivity index (χ4n) is 2.89. The van der Waals surface area contributed by atoms with Gasteiger partial charge in [0.15, 0.2) is 5.16 Å². The molecule has 3 atom stereocenters. The SMILES string of the molecule is CC(C)C1CCC(N)C(Sc2n[nH]c(=O)n2C(C)C)C1. The van der Waals surface area contributed by atoms with Gasteiger partial charge in [-0.1, -0.05) is 25.6 Å². The third-order valence-electron chi connectivity index (χ3n) is 4.27. The number of nitrogens with zero attached hydrogens (tertiary/aromatic N) is 2. The van der Waals surface area contributed by atoms with E-state index in [9.17, 15) is 4.79 Å². The number of hydrogen-bond acceptors (Lipinski definition) is 4. The van der Waals surface area contributed by atoms with Crippen molar-refractivity contribution in [2.45, 2.75) is 69.4 Å². The molecular weight excluding hydrogens is 272 g/mol. The Morgan fingerprint density at radius 1 is 1.35 bits per heavy atom. The Labute approximate surface area is 124 Å². The predicted molar refractivity (Wildman–Crippen MR) is 83.0 cm³/mol. The van der Waals surface area contributed by atoms with E-state index < -0.39 is 0 Å². The highest BCUT2D eigenvalue weighted by atomic mass is 32.2. The first kappa shape index (κ1) is 15.6. The van der Waals surface area contributed by atoms with Gasteiger partial charge in [-0.05, 0) is 44.9 Å². The normalized spacial score (nSPS) is 27.4. The highest BCUT2D eigenvalue weighted by molar-refractivity contribution is 7.99. The first-order chi connectivity index (χ1) is 9.40. The average Bonchev–Trinajstić information content (AvgIpc) is 2.73. The summed E-state index contributed by atoms with van der Waals surface area (Å²) in [7, 11) is 0. The third kappa shape index (κ3) is 3.28. The number of aromatic amines is 1. The van der Waals surface area contributed by atoms with E-state index in [1.54, 1.807) is 16.3 Å². The van der Waals surface area contributed by atoms with E-state index in [2.05, 4.69) is 24.0 Å². The molecule has 1 aromatic rings. The number of nitrogens with one attached hydrogen (secondary N) is 1. The van der Waals surface area contributed by atoms with Crippen LogP contribution in [0.5, 0.6) is 0 Å². The molecule has 1 aliphatic rings. The van der Waals surface area contributed by atoms with Gasteiger partial charge in [0, 0.05) is 17.3 Å². The van der Waals surface area contributed by atoms with E-state index >= 15 is 0 Å². The minimum Gasteiger partial charge on any atom is -0.327 e. The van der Waals surface area contributed by atoms with Gasteiger partial charge in [-0.2, -0.15) is 0 Å². The van der Waals surface area contributed by atoms with Gasteiger partial charge in [-0.25, -0.2) is 9.89 Å². The molecular formula is C14H26N4OS. The van der Waals surface area contributed by atoms with Crippen molar-refractivity contribution in [3.05, 3.63) is 10.5 Å². The van der Waals surface area contributed by atoms with Crippen LogP contribution >= 0.6 is 11.8 Å². The van der Waals surface area contributed by atoms with Gasteiger partial charge in [0.25, 0.3) is 0 Å². The summed E-state index contributed by atoms with van der Waals surface area (Å²) in [4.78, 5) is 11.8. The summed E-state index contributed by atoms with van der Waals surface area (Å²) in [6, 6.07) is 0.312. The molecule has 1 fully saturated rings. The lowest BCUT2D eigenvalue weighted by Crippen LogP contribution is -2.39. The van der Waals surface area contributed by atoms with Gasteiger partial charge in [0.05, 0.1) is 0 Å². The highest BCUT2D eigenvalue weighted by Crippen LogP contribution is 2.37. The number of hydrogen-bond donors (Lipinski definition) is 2. The largest absolute Gasteiger partial charge is 0.344 e. The molecule has 0 amide bonds. The summed E-state index contributed by atoms with van der Waals surface area (Å²) >= 11 is 1.67. The number of nitrogens with two attached hydrogens (primary N) is 1. The second-order valence-electron chi connectivity index (χ2n) is 6.41. The van der Waals surface area contributed by atoms with E-state index in [1.807, 2.05) is 13.8 Å². The van der Waals surface area contributed by atoms with Crippen LogP contribution in [0, 0.1) is 11.8 Å². The molecule has 2 rings (SSSR count). The molecule has 0 spiro atoms. The van der Waals surface area contributed by atoms with Crippen molar-refractivity contribution in [2.75, 3.05) is 0 Å². The maximum absolute atomic E-state index is 11.8. The lowest BCUT2D eigenvalue weighted by molar-refractivity contribution is 0.266. The molecule has 0 aliphatic heterocycles. The average molecular weight is 298 g/mol. The van der Waals surface area contributed by atoms with Gasteiger partial charge in [0.1, 0.15) is 0 Å². The molecule has 1 aromatic heterocycles. The molecule has 3 N–H and O–H groups in total. The lowest BCUT2D eigenvalue weighted by Gasteiger charge is -2.35. The maximum Gasteiger partial charge on any atom is 0.344 e. The zero-order valence-corrected chi connectivity index (χ0v) is 13.6. The van der Waals surface area contributed by atoms with Crippen molar-refractivity contribution >= 4 is 11.8 Å². The summed E-state index contributed by atoms with van der Waals surface area (Å²) in [6.45, 7) is 8.56. The Kier molecular flexibility index (Phi) is 4.96. The van der Waals surface area contributed by atoms with Crippen molar-refractivity contribution in [1.29, 1.82) is 0 Å². The number of H-pyrrole nitrogens is 1. The summed E-state index contributed by atoms with van der Waals surface area (Å²) < 4.78 is 1.72. The molecule has 114 valence electrons. The number of thioether (sulfide) groups is 1. The van der Waals surface area contributed by atoms with Gasteiger partial charge in [-0.15, -0.1) is 5.10 Å². The van der Waals surface area contributed by atoms with Gasteiger partial charge < -0.3 is 5.73 Å². The monoisotopic (exact) mass is 298 g/mol. The Morgan fingerprint density at radius 2 is 2.05 bits per heavy atom. The third-order valence-corrected chi connectivity index (χ3v) is 5.62. The van der Waals surface area contributed by atoms with Crippen molar-refractivity contribution in [3.8, 4) is 0 Å². The van der Waals surface area contributed by atoms with Gasteiger partial charge >= 0.3 is 5.69 Å². The van der Waals surface area contributed by atoms with E-state index in [0.717, 1.165) is 23.9 Å². The van der Waals surface area contributed by atoms with Crippen molar-refractivity contribution in [3.63, 3.8) is 0 Å². The molecule has 5 nitrogen and oxygen atoms in total. The molecule has 6 heteroatoms. The minimum atomic E-state index is -0.132. The molecule has 0 bridgehead atoms. The van der Waals surface area contributed by atoms with E-state index in [-0.39, 0.29) is 17.8 Å². The maximum atomic E-state index is 11.8. The van der Waals surface area contributed by atoms with Gasteiger partial charge in [-0.3, -0.25) is 4.57 Å². The highest BCUT2D eigenvalue weighted by Gasteiger charge is 2.31. The molecule has 1 aliphatic carbocycles. The predicted octanol–water partition coefficient (Wildman–Crippen LogP) is 2.40. The van der Waals surface area contributed by atoms with Crippen LogP contribution in [0.4, 0.5) is 0 Å². The first-order valence-electron chi connectivity index (χ1n) is 7.49. The van der Waals surface area contributed by atoms with E-state index in [0.29, 0.717) is 11.2 Å². The topological polar surface area (TPSA) is 76.7 Å². The smallest absolute Gasteiger partial charge is 0.327 e. The summed E-state index contributed by atoms with van der Waals surface area (Å²) in [5.74, 6) is 1.42. The molecule has 1 saturated carbocycles. The lowest BCUT2D eigenvalue weighted by atomic mass is 9.79. The molecule has 0 saturated heterocycles. The molecule has 0 radical (unpaired) electrons. The van der Waals surface area contributed by atoms with Crippen LogP contribution in [-0.4, -0.2) is 26.1 Å². The van der Waals surface area contributed by atoms with E-state index in [1.165, 1.54) is 6.42 Å². The van der Waals surface area contributed by atoms with Crippen LogP contribution in [0.2, 0.25) is 0 Å². The van der Waals surface area contributed by atoms with E-state index in [4.69, 9.17) is 5.73 Å². The Balaban J connectivity index is 2.14. The Hall–Kier alpha value is -0.750. The van der Waals surface area contributed by atoms with Crippen molar-refractivity contribution < 1.29 is 0 Å². The number of rotatable bonds is 4. The Bertz CT molecular complexity index is 494.